The van der Waals surface area contributed by atoms with Gasteiger partial charge < -0.3 is 15.7 Å². The summed E-state index contributed by atoms with van der Waals surface area (Å²) in [4.78, 5) is 24.6. The van der Waals surface area contributed by atoms with Crippen LogP contribution in [0.5, 0.6) is 5.75 Å². The first-order valence-corrected chi connectivity index (χ1v) is 11.0. The van der Waals surface area contributed by atoms with Gasteiger partial charge in [0.15, 0.2) is 4.90 Å². The average molecular weight is 464 g/mol. The van der Waals surface area contributed by atoms with E-state index in [4.69, 9.17) is 0 Å². The Balaban J connectivity index is 2.03. The van der Waals surface area contributed by atoms with E-state index >= 15 is 0 Å². The lowest BCUT2D eigenvalue weighted by Gasteiger charge is -2.15. The van der Waals surface area contributed by atoms with E-state index in [9.17, 15) is 27.7 Å². The van der Waals surface area contributed by atoms with Gasteiger partial charge in [0.05, 0.1) is 5.69 Å². The number of aromatic hydroxyl groups is 1. The third kappa shape index (κ3) is 5.17. The van der Waals surface area contributed by atoms with Crippen molar-refractivity contribution in [2.24, 2.45) is 0 Å². The van der Waals surface area contributed by atoms with Crippen molar-refractivity contribution in [1.29, 1.82) is 0 Å². The van der Waals surface area contributed by atoms with Crippen molar-refractivity contribution in [2.45, 2.75) is 4.90 Å². The Morgan fingerprint density at radius 3 is 1.79 bits per heavy atom. The highest BCUT2D eigenvalue weighted by atomic mass is 32.2. The largest absolute Gasteiger partial charge is 0.506 e. The van der Waals surface area contributed by atoms with Gasteiger partial charge in [-0.05, 0) is 29.3 Å². The second kappa shape index (κ2) is 9.51. The number of amides is 2. The third-order valence-electron chi connectivity index (χ3n) is 4.68. The van der Waals surface area contributed by atoms with Gasteiger partial charge in [-0.1, -0.05) is 61.7 Å². The Labute approximate surface area is 190 Å². The quantitative estimate of drug-likeness (QED) is 0.382. The fourth-order valence-electron chi connectivity index (χ4n) is 3.20. The van der Waals surface area contributed by atoms with E-state index < -0.39 is 38.3 Å². The van der Waals surface area contributed by atoms with Crippen molar-refractivity contribution in [3.8, 4) is 5.75 Å². The minimum absolute atomic E-state index is 0.0175. The molecule has 0 fully saturated rings. The molecule has 168 valence electrons. The van der Waals surface area contributed by atoms with Gasteiger partial charge in [0.2, 0.25) is 0 Å². The van der Waals surface area contributed by atoms with E-state index in [-0.39, 0.29) is 16.8 Å². The van der Waals surface area contributed by atoms with E-state index in [1.165, 1.54) is 18.2 Å². The van der Waals surface area contributed by atoms with Crippen molar-refractivity contribution < 1.29 is 27.7 Å². The molecule has 2 amide bonds. The van der Waals surface area contributed by atoms with Gasteiger partial charge in [0.25, 0.3) is 21.9 Å². The van der Waals surface area contributed by atoms with Crippen LogP contribution in [0.4, 0.5) is 11.4 Å². The SMILES string of the molecule is C=Cc1ccccc1C(=O)Nc1cc(O)c(S(=O)(=O)O)c(NC(=O)c2ccccc2C=C)c1. The number of carbonyl (C=O) groups is 2. The monoisotopic (exact) mass is 464 g/mol. The Morgan fingerprint density at radius 2 is 1.30 bits per heavy atom. The minimum Gasteiger partial charge on any atom is -0.506 e. The molecule has 0 radical (unpaired) electrons. The van der Waals surface area contributed by atoms with Crippen LogP contribution in [0.25, 0.3) is 12.2 Å². The number of nitrogens with one attached hydrogen (secondary N) is 2. The number of hydrogen-bond donors (Lipinski definition) is 4. The summed E-state index contributed by atoms with van der Waals surface area (Å²) in [5.74, 6) is -2.13. The molecule has 8 nitrogen and oxygen atoms in total. The molecular weight excluding hydrogens is 444 g/mol. The van der Waals surface area contributed by atoms with Crippen LogP contribution in [-0.4, -0.2) is 29.9 Å². The van der Waals surface area contributed by atoms with Crippen LogP contribution in [0.3, 0.4) is 0 Å². The number of anilines is 2. The molecule has 4 N–H and O–H groups in total. The molecule has 0 atom stereocenters. The molecule has 3 aromatic rings. The highest BCUT2D eigenvalue weighted by Crippen LogP contribution is 2.35. The minimum atomic E-state index is -4.93. The summed E-state index contributed by atoms with van der Waals surface area (Å²) in [7, 11) is -4.93. The van der Waals surface area contributed by atoms with Gasteiger partial charge in [-0.3, -0.25) is 14.1 Å². The van der Waals surface area contributed by atoms with E-state index in [1.807, 2.05) is 0 Å². The molecule has 0 bridgehead atoms. The number of phenols is 1. The zero-order valence-corrected chi connectivity index (χ0v) is 18.1. The smallest absolute Gasteiger partial charge is 0.300 e. The highest BCUT2D eigenvalue weighted by molar-refractivity contribution is 7.86. The first kappa shape index (κ1) is 23.5. The molecule has 33 heavy (non-hydrogen) atoms. The number of hydrogen-bond acceptors (Lipinski definition) is 5. The Bertz CT molecular complexity index is 1380. The van der Waals surface area contributed by atoms with Crippen LogP contribution in [-0.2, 0) is 10.1 Å². The lowest BCUT2D eigenvalue weighted by atomic mass is 10.1. The molecule has 0 aliphatic heterocycles. The van der Waals surface area contributed by atoms with Crippen LogP contribution >= 0.6 is 0 Å². The molecule has 3 aromatic carbocycles. The van der Waals surface area contributed by atoms with Gasteiger partial charge >= 0.3 is 0 Å². The van der Waals surface area contributed by atoms with E-state index in [1.54, 1.807) is 42.5 Å². The normalized spacial score (nSPS) is 10.8. The summed E-state index contributed by atoms with van der Waals surface area (Å²) in [6.45, 7) is 7.29. The van der Waals surface area contributed by atoms with Crippen molar-refractivity contribution in [2.75, 3.05) is 10.6 Å². The zero-order valence-electron chi connectivity index (χ0n) is 17.3. The van der Waals surface area contributed by atoms with Crippen LogP contribution in [0, 0.1) is 0 Å². The average Bonchev–Trinajstić information content (AvgIpc) is 2.77. The number of benzene rings is 3. The van der Waals surface area contributed by atoms with Crippen molar-refractivity contribution in [1.82, 2.24) is 0 Å². The molecule has 0 saturated carbocycles. The van der Waals surface area contributed by atoms with Gasteiger partial charge in [0.1, 0.15) is 5.75 Å². The summed E-state index contributed by atoms with van der Waals surface area (Å²) in [6, 6.07) is 15.1. The van der Waals surface area contributed by atoms with Crippen LogP contribution in [0.2, 0.25) is 0 Å². The van der Waals surface area contributed by atoms with E-state index in [0.717, 1.165) is 12.1 Å². The highest BCUT2D eigenvalue weighted by Gasteiger charge is 2.24. The second-order valence-corrected chi connectivity index (χ2v) is 8.20. The lowest BCUT2D eigenvalue weighted by molar-refractivity contribution is 0.101. The van der Waals surface area contributed by atoms with Gasteiger partial charge in [-0.2, -0.15) is 8.42 Å². The molecule has 0 aliphatic rings. The van der Waals surface area contributed by atoms with Gasteiger partial charge in [-0.25, -0.2) is 0 Å². The predicted molar refractivity (Wildman–Crippen MR) is 127 cm³/mol. The summed E-state index contributed by atoms with van der Waals surface area (Å²) < 4.78 is 33.4. The molecule has 0 heterocycles. The third-order valence-corrected chi connectivity index (χ3v) is 5.63. The van der Waals surface area contributed by atoms with Crippen molar-refractivity contribution in [3.63, 3.8) is 0 Å². The Kier molecular flexibility index (Phi) is 6.76. The van der Waals surface area contributed by atoms with Crippen LogP contribution < -0.4 is 10.6 Å². The van der Waals surface area contributed by atoms with E-state index in [2.05, 4.69) is 23.8 Å². The van der Waals surface area contributed by atoms with Crippen molar-refractivity contribution in [3.05, 3.63) is 96.1 Å². The molecule has 9 heteroatoms. The van der Waals surface area contributed by atoms with Gasteiger partial charge in [0, 0.05) is 22.9 Å². The maximum Gasteiger partial charge on any atom is 0.300 e. The zero-order chi connectivity index (χ0) is 24.2. The van der Waals surface area contributed by atoms with Crippen molar-refractivity contribution >= 4 is 45.5 Å². The topological polar surface area (TPSA) is 133 Å². The Hall–Kier alpha value is -4.21. The molecule has 0 saturated heterocycles. The summed E-state index contributed by atoms with van der Waals surface area (Å²) >= 11 is 0. The standard InChI is InChI=1S/C24H20N2O6S/c1-3-15-9-5-7-11-18(15)23(28)25-17-13-20(22(21(27)14-17)33(30,31)32)26-24(29)19-12-8-6-10-16(19)4-2/h3-14,27H,1-2H2,(H,25,28)(H,26,29)(H,30,31,32). The number of carbonyl (C=O) groups excluding carboxylic acids is 2. The maximum atomic E-state index is 12.8. The lowest BCUT2D eigenvalue weighted by Crippen LogP contribution is -2.17. The van der Waals surface area contributed by atoms with Gasteiger partial charge in [-0.15, -0.1) is 0 Å². The maximum absolute atomic E-state index is 12.8. The number of rotatable bonds is 7. The molecule has 3 rings (SSSR count). The Morgan fingerprint density at radius 1 is 0.818 bits per heavy atom. The summed E-state index contributed by atoms with van der Waals surface area (Å²) in [5.41, 5.74) is 1.07. The fourth-order valence-corrected chi connectivity index (χ4v) is 3.91. The first-order chi connectivity index (χ1) is 15.7. The molecule has 0 aliphatic carbocycles. The number of phenolic OH excluding ortho intramolecular Hbond substituents is 1. The van der Waals surface area contributed by atoms with Crippen LogP contribution in [0.15, 0.2) is 78.7 Å². The van der Waals surface area contributed by atoms with Crippen LogP contribution in [0.1, 0.15) is 31.8 Å². The molecular formula is C24H20N2O6S. The van der Waals surface area contributed by atoms with E-state index in [0.29, 0.717) is 11.1 Å². The predicted octanol–water partition coefficient (Wildman–Crippen LogP) is 4.43. The molecule has 0 aromatic heterocycles. The first-order valence-electron chi connectivity index (χ1n) is 9.56. The fraction of sp³-hybridized carbons (Fsp3) is 0. The summed E-state index contributed by atoms with van der Waals surface area (Å²) in [6.07, 6.45) is 2.94. The second-order valence-electron chi connectivity index (χ2n) is 6.84. The molecule has 0 spiro atoms. The molecule has 0 unspecified atom stereocenters. The summed E-state index contributed by atoms with van der Waals surface area (Å²) in [5, 5.41) is 15.2.